The number of aryl methyl sites for hydroxylation is 1. The lowest BCUT2D eigenvalue weighted by Gasteiger charge is -2.37. The second-order valence-electron chi connectivity index (χ2n) is 9.85. The first-order valence-electron chi connectivity index (χ1n) is 11.4. The van der Waals surface area contributed by atoms with E-state index in [1.54, 1.807) is 0 Å². The molecule has 1 saturated carbocycles. The molecule has 0 aromatic heterocycles. The minimum Gasteiger partial charge on any atom is -0.490 e. The van der Waals surface area contributed by atoms with E-state index in [4.69, 9.17) is 9.84 Å². The zero-order valence-corrected chi connectivity index (χ0v) is 19.0. The summed E-state index contributed by atoms with van der Waals surface area (Å²) in [6.07, 6.45) is 5.77. The second-order valence-corrected chi connectivity index (χ2v) is 9.85. The molecule has 164 valence electrons. The molecule has 2 aromatic rings. The molecule has 2 N–H and O–H groups in total. The van der Waals surface area contributed by atoms with Crippen LogP contribution in [0.3, 0.4) is 0 Å². The van der Waals surface area contributed by atoms with Gasteiger partial charge in [0.1, 0.15) is 5.75 Å². The number of carbonyl (C=O) groups is 1. The van der Waals surface area contributed by atoms with Crippen molar-refractivity contribution in [2.24, 2.45) is 11.3 Å². The van der Waals surface area contributed by atoms with Gasteiger partial charge < -0.3 is 15.2 Å². The third-order valence-electron chi connectivity index (χ3n) is 6.56. The number of carboxylic acid groups (broad SMARTS) is 1. The van der Waals surface area contributed by atoms with Crippen molar-refractivity contribution in [1.82, 2.24) is 5.32 Å². The van der Waals surface area contributed by atoms with Crippen molar-refractivity contribution in [2.45, 2.75) is 78.9 Å². The van der Waals surface area contributed by atoms with Crippen molar-refractivity contribution >= 4 is 16.7 Å². The van der Waals surface area contributed by atoms with E-state index in [1.807, 2.05) is 0 Å². The molecule has 3 rings (SSSR count). The molecule has 1 aliphatic rings. The molecule has 0 heterocycles. The maximum absolute atomic E-state index is 10.8. The van der Waals surface area contributed by atoms with Crippen molar-refractivity contribution in [3.63, 3.8) is 0 Å². The highest BCUT2D eigenvalue weighted by atomic mass is 16.5. The maximum Gasteiger partial charge on any atom is 0.303 e. The Labute approximate surface area is 181 Å². The predicted octanol–water partition coefficient (Wildman–Crippen LogP) is 6.09. The Morgan fingerprint density at radius 2 is 1.80 bits per heavy atom. The van der Waals surface area contributed by atoms with Crippen LogP contribution >= 0.6 is 0 Å². The van der Waals surface area contributed by atoms with E-state index >= 15 is 0 Å². The minimum atomic E-state index is -0.743. The number of rotatable bonds is 8. The molecule has 0 radical (unpaired) electrons. The molecular weight excluding hydrogens is 374 g/mol. The number of ether oxygens (including phenoxy) is 1. The number of benzene rings is 2. The van der Waals surface area contributed by atoms with Gasteiger partial charge in [0, 0.05) is 18.5 Å². The molecule has 0 spiro atoms. The number of aliphatic carboxylic acids is 1. The van der Waals surface area contributed by atoms with E-state index in [0.717, 1.165) is 24.5 Å². The fourth-order valence-corrected chi connectivity index (χ4v) is 4.68. The largest absolute Gasteiger partial charge is 0.490 e. The summed E-state index contributed by atoms with van der Waals surface area (Å²) < 4.78 is 6.60. The smallest absolute Gasteiger partial charge is 0.303 e. The van der Waals surface area contributed by atoms with Gasteiger partial charge in [-0.3, -0.25) is 4.79 Å². The Bertz CT molecular complexity index is 860. The van der Waals surface area contributed by atoms with E-state index in [-0.39, 0.29) is 12.5 Å². The molecular formula is C26H37NO3. The van der Waals surface area contributed by atoms with Gasteiger partial charge in [0.15, 0.2) is 0 Å². The minimum absolute atomic E-state index is 0.196. The first kappa shape index (κ1) is 22.6. The van der Waals surface area contributed by atoms with Crippen LogP contribution in [-0.4, -0.2) is 23.7 Å². The van der Waals surface area contributed by atoms with Crippen LogP contribution in [0.4, 0.5) is 0 Å². The summed E-state index contributed by atoms with van der Waals surface area (Å²) >= 11 is 0. The van der Waals surface area contributed by atoms with Crippen LogP contribution in [0.1, 0.15) is 70.4 Å². The molecule has 0 bridgehead atoms. The van der Waals surface area contributed by atoms with Gasteiger partial charge in [0.2, 0.25) is 0 Å². The Hall–Kier alpha value is -2.07. The van der Waals surface area contributed by atoms with Crippen molar-refractivity contribution < 1.29 is 14.6 Å². The van der Waals surface area contributed by atoms with Gasteiger partial charge in [-0.05, 0) is 79.3 Å². The Balaban J connectivity index is 1.75. The standard InChI is InChI=1S/C26H37NO3/c1-18-16-24(30-20-13-11-19(12-14-20)26(2,3)4)23(17-27-15-7-10-25(28)29)22-9-6-5-8-21(18)22/h5-6,8-9,16,19-20,27H,7,10-15,17H2,1-4H3,(H,28,29)/t19-,20-. The van der Waals surface area contributed by atoms with Crippen LogP contribution in [0.25, 0.3) is 10.8 Å². The Morgan fingerprint density at radius 3 is 2.43 bits per heavy atom. The van der Waals surface area contributed by atoms with E-state index in [2.05, 4.69) is 63.3 Å². The molecule has 2 aromatic carbocycles. The molecule has 4 nitrogen and oxygen atoms in total. The summed E-state index contributed by atoms with van der Waals surface area (Å²) in [5.74, 6) is 1.01. The van der Waals surface area contributed by atoms with Crippen LogP contribution in [0.2, 0.25) is 0 Å². The van der Waals surface area contributed by atoms with Gasteiger partial charge in [-0.1, -0.05) is 45.0 Å². The first-order valence-corrected chi connectivity index (χ1v) is 11.4. The first-order chi connectivity index (χ1) is 14.3. The molecule has 30 heavy (non-hydrogen) atoms. The van der Waals surface area contributed by atoms with Gasteiger partial charge >= 0.3 is 5.97 Å². The van der Waals surface area contributed by atoms with Crippen molar-refractivity contribution in [3.8, 4) is 5.75 Å². The molecule has 1 aliphatic carbocycles. The molecule has 0 atom stereocenters. The molecule has 0 unspecified atom stereocenters. The van der Waals surface area contributed by atoms with Crippen molar-refractivity contribution in [1.29, 1.82) is 0 Å². The van der Waals surface area contributed by atoms with E-state index in [0.29, 0.717) is 24.9 Å². The Kier molecular flexibility index (Phi) is 7.41. The van der Waals surface area contributed by atoms with E-state index in [1.165, 1.54) is 34.7 Å². The third kappa shape index (κ3) is 5.75. The van der Waals surface area contributed by atoms with E-state index < -0.39 is 5.97 Å². The molecule has 1 fully saturated rings. The lowest BCUT2D eigenvalue weighted by Crippen LogP contribution is -2.30. The summed E-state index contributed by atoms with van der Waals surface area (Å²) in [5.41, 5.74) is 2.79. The highest BCUT2D eigenvalue weighted by Crippen LogP contribution is 2.40. The highest BCUT2D eigenvalue weighted by Gasteiger charge is 2.30. The second kappa shape index (κ2) is 9.82. The van der Waals surface area contributed by atoms with Gasteiger partial charge in [0.25, 0.3) is 0 Å². The summed E-state index contributed by atoms with van der Waals surface area (Å²) in [6, 6.07) is 10.7. The lowest BCUT2D eigenvalue weighted by molar-refractivity contribution is -0.137. The molecule has 0 aliphatic heterocycles. The summed E-state index contributed by atoms with van der Waals surface area (Å²) in [6.45, 7) is 10.6. The van der Waals surface area contributed by atoms with E-state index in [9.17, 15) is 4.79 Å². The van der Waals surface area contributed by atoms with Gasteiger partial charge in [-0.25, -0.2) is 0 Å². The summed E-state index contributed by atoms with van der Waals surface area (Å²) in [5, 5.41) is 14.8. The van der Waals surface area contributed by atoms with Crippen LogP contribution in [-0.2, 0) is 11.3 Å². The predicted molar refractivity (Wildman–Crippen MR) is 123 cm³/mol. The number of fused-ring (bicyclic) bond motifs is 1. The average molecular weight is 412 g/mol. The number of hydrogen-bond acceptors (Lipinski definition) is 3. The number of carboxylic acids is 1. The van der Waals surface area contributed by atoms with Crippen molar-refractivity contribution in [2.75, 3.05) is 6.54 Å². The number of hydrogen-bond donors (Lipinski definition) is 2. The van der Waals surface area contributed by atoms with Crippen LogP contribution in [0, 0.1) is 18.3 Å². The Morgan fingerprint density at radius 1 is 1.13 bits per heavy atom. The van der Waals surface area contributed by atoms with Crippen LogP contribution < -0.4 is 10.1 Å². The van der Waals surface area contributed by atoms with Crippen LogP contribution in [0.15, 0.2) is 30.3 Å². The zero-order valence-electron chi connectivity index (χ0n) is 19.0. The van der Waals surface area contributed by atoms with Gasteiger partial charge in [-0.2, -0.15) is 0 Å². The summed E-state index contributed by atoms with van der Waals surface area (Å²) in [7, 11) is 0. The summed E-state index contributed by atoms with van der Waals surface area (Å²) in [4.78, 5) is 10.8. The molecule has 4 heteroatoms. The highest BCUT2D eigenvalue weighted by molar-refractivity contribution is 5.90. The fourth-order valence-electron chi connectivity index (χ4n) is 4.68. The van der Waals surface area contributed by atoms with Gasteiger partial charge in [-0.15, -0.1) is 0 Å². The fraction of sp³-hybridized carbons (Fsp3) is 0.577. The van der Waals surface area contributed by atoms with Gasteiger partial charge in [0.05, 0.1) is 6.10 Å². The molecule has 0 saturated heterocycles. The van der Waals surface area contributed by atoms with Crippen LogP contribution in [0.5, 0.6) is 5.75 Å². The normalized spacial score (nSPS) is 19.7. The maximum atomic E-state index is 10.8. The lowest BCUT2D eigenvalue weighted by atomic mass is 9.72. The quantitative estimate of drug-likeness (QED) is 0.516. The number of nitrogens with one attached hydrogen (secondary N) is 1. The monoisotopic (exact) mass is 411 g/mol. The molecule has 0 amide bonds. The SMILES string of the molecule is Cc1cc(O[C@H]2CC[C@H](C(C)(C)C)CC2)c(CNCCCC(=O)O)c2ccccc12. The topological polar surface area (TPSA) is 58.6 Å². The third-order valence-corrected chi connectivity index (χ3v) is 6.56. The zero-order chi connectivity index (χ0) is 21.7. The average Bonchev–Trinajstić information content (AvgIpc) is 2.69. The van der Waals surface area contributed by atoms with Crippen molar-refractivity contribution in [3.05, 3.63) is 41.5 Å².